The van der Waals surface area contributed by atoms with Crippen LogP contribution in [0.15, 0.2) is 18.2 Å². The zero-order chi connectivity index (χ0) is 30.0. The SMILES string of the molecule is CN1CC2CC1CN2c1cc(CN2CCC3(CCN(C(=O)OC(C(F)(F)F)C(F)(F)F)CC3)C2)cc(C(F)(F)F)c1. The van der Waals surface area contributed by atoms with Crippen LogP contribution in [0.2, 0.25) is 0 Å². The summed E-state index contributed by atoms with van der Waals surface area (Å²) in [5.74, 6) is 0. The van der Waals surface area contributed by atoms with Crippen molar-refractivity contribution in [3.63, 3.8) is 0 Å². The Labute approximate surface area is 231 Å². The molecule has 6 nitrogen and oxygen atoms in total. The predicted molar refractivity (Wildman–Crippen MR) is 129 cm³/mol. The van der Waals surface area contributed by atoms with Gasteiger partial charge in [-0.1, -0.05) is 0 Å². The Bertz CT molecular complexity index is 1120. The number of nitrogens with zero attached hydrogens (tertiary/aromatic N) is 4. The molecule has 5 rings (SSSR count). The van der Waals surface area contributed by atoms with Gasteiger partial charge in [0.1, 0.15) is 0 Å². The molecule has 15 heteroatoms. The van der Waals surface area contributed by atoms with Crippen LogP contribution in [0.3, 0.4) is 0 Å². The number of alkyl halides is 9. The molecular weight excluding hydrogens is 571 g/mol. The number of carbonyl (C=O) groups is 1. The van der Waals surface area contributed by atoms with Gasteiger partial charge in [0.25, 0.3) is 6.10 Å². The van der Waals surface area contributed by atoms with E-state index in [1.165, 1.54) is 6.07 Å². The number of piperidine rings is 1. The molecule has 1 spiro atoms. The fourth-order valence-electron chi connectivity index (χ4n) is 6.76. The van der Waals surface area contributed by atoms with Crippen molar-refractivity contribution in [1.82, 2.24) is 14.7 Å². The van der Waals surface area contributed by atoms with Gasteiger partial charge in [-0.3, -0.25) is 9.80 Å². The average Bonchev–Trinajstić information content (AvgIpc) is 3.55. The molecule has 0 saturated carbocycles. The van der Waals surface area contributed by atoms with Gasteiger partial charge in [-0.2, -0.15) is 39.5 Å². The molecule has 4 fully saturated rings. The molecule has 2 unspecified atom stereocenters. The Morgan fingerprint density at radius 3 is 2.10 bits per heavy atom. The van der Waals surface area contributed by atoms with Crippen molar-refractivity contribution in [2.24, 2.45) is 5.41 Å². The average molecular weight is 603 g/mol. The second-order valence-corrected chi connectivity index (χ2v) is 11.8. The van der Waals surface area contributed by atoms with E-state index in [0.717, 1.165) is 23.9 Å². The molecule has 2 atom stereocenters. The Kier molecular flexibility index (Phi) is 7.61. The van der Waals surface area contributed by atoms with E-state index in [1.807, 2.05) is 16.8 Å². The third-order valence-corrected chi connectivity index (χ3v) is 8.97. The lowest BCUT2D eigenvalue weighted by Gasteiger charge is -2.39. The van der Waals surface area contributed by atoms with Crippen LogP contribution >= 0.6 is 0 Å². The number of carbonyl (C=O) groups excluding carboxylic acids is 1. The van der Waals surface area contributed by atoms with Crippen LogP contribution in [0.1, 0.15) is 36.8 Å². The summed E-state index contributed by atoms with van der Waals surface area (Å²) in [4.78, 5) is 19.3. The number of likely N-dealkylation sites (tertiary alicyclic amines) is 3. The van der Waals surface area contributed by atoms with Crippen molar-refractivity contribution in [2.45, 2.75) is 68.9 Å². The molecule has 2 bridgehead atoms. The summed E-state index contributed by atoms with van der Waals surface area (Å²) >= 11 is 0. The van der Waals surface area contributed by atoms with Crippen molar-refractivity contribution >= 4 is 11.8 Å². The molecule has 4 heterocycles. The van der Waals surface area contributed by atoms with Crippen molar-refractivity contribution in [3.8, 4) is 0 Å². The van der Waals surface area contributed by atoms with E-state index in [1.54, 1.807) is 6.07 Å². The van der Waals surface area contributed by atoms with Gasteiger partial charge in [0.15, 0.2) is 0 Å². The predicted octanol–water partition coefficient (Wildman–Crippen LogP) is 5.52. The lowest BCUT2D eigenvalue weighted by Crippen LogP contribution is -2.50. The summed E-state index contributed by atoms with van der Waals surface area (Å²) in [6, 6.07) is 4.64. The molecular formula is C26H31F9N4O2. The molecule has 1 amide bonds. The van der Waals surface area contributed by atoms with Crippen molar-refractivity contribution < 1.29 is 49.0 Å². The van der Waals surface area contributed by atoms with Gasteiger partial charge in [0.05, 0.1) is 5.56 Å². The number of halogens is 9. The highest BCUT2D eigenvalue weighted by Gasteiger charge is 2.60. The number of benzene rings is 1. The van der Waals surface area contributed by atoms with E-state index in [-0.39, 0.29) is 31.1 Å². The number of fused-ring (bicyclic) bond motifs is 2. The summed E-state index contributed by atoms with van der Waals surface area (Å²) < 4.78 is 122. The molecule has 4 aliphatic heterocycles. The van der Waals surface area contributed by atoms with Gasteiger partial charge in [0, 0.05) is 57.0 Å². The van der Waals surface area contributed by atoms with Crippen LogP contribution in [0.25, 0.3) is 0 Å². The molecule has 0 N–H and O–H groups in total. The topological polar surface area (TPSA) is 39.3 Å². The van der Waals surface area contributed by atoms with Crippen LogP contribution in [0.5, 0.6) is 0 Å². The maximum absolute atomic E-state index is 13.8. The normalized spacial score (nSPS) is 25.6. The number of amides is 1. The first-order valence-corrected chi connectivity index (χ1v) is 13.4. The van der Waals surface area contributed by atoms with Gasteiger partial charge in [0.2, 0.25) is 0 Å². The molecule has 4 saturated heterocycles. The largest absolute Gasteiger partial charge is 0.434 e. The van der Waals surface area contributed by atoms with Crippen molar-refractivity contribution in [2.75, 3.05) is 51.2 Å². The minimum atomic E-state index is -5.79. The highest BCUT2D eigenvalue weighted by Crippen LogP contribution is 2.43. The fourth-order valence-corrected chi connectivity index (χ4v) is 6.76. The van der Waals surface area contributed by atoms with Crippen molar-refractivity contribution in [1.29, 1.82) is 0 Å². The minimum absolute atomic E-state index is 0.0746. The molecule has 1 aromatic carbocycles. The summed E-state index contributed by atoms with van der Waals surface area (Å²) in [7, 11) is 2.01. The molecule has 0 aliphatic carbocycles. The highest BCUT2D eigenvalue weighted by molar-refractivity contribution is 5.68. The molecule has 1 aromatic rings. The van der Waals surface area contributed by atoms with Gasteiger partial charge < -0.3 is 14.5 Å². The van der Waals surface area contributed by atoms with Crippen LogP contribution < -0.4 is 4.90 Å². The zero-order valence-corrected chi connectivity index (χ0v) is 22.2. The van der Waals surface area contributed by atoms with Gasteiger partial charge >= 0.3 is 24.6 Å². The Morgan fingerprint density at radius 2 is 1.56 bits per heavy atom. The second kappa shape index (κ2) is 10.4. The third-order valence-electron chi connectivity index (χ3n) is 8.97. The van der Waals surface area contributed by atoms with Gasteiger partial charge in [-0.25, -0.2) is 4.79 Å². The highest BCUT2D eigenvalue weighted by atomic mass is 19.4. The molecule has 4 aliphatic rings. The van der Waals surface area contributed by atoms with Crippen LogP contribution in [0.4, 0.5) is 50.0 Å². The number of rotatable bonds is 4. The van der Waals surface area contributed by atoms with Crippen LogP contribution in [0, 0.1) is 5.41 Å². The standard InChI is InChI=1S/C26H31F9N4O2/c1-36-13-20-11-19(36)14-39(20)18-9-16(8-17(10-18)24(27,28)29)12-37-5-2-23(15-37)3-6-38(7-4-23)22(40)41-21(25(30,31)32)26(33,34)35/h8-10,19-21H,2-7,11-15H2,1H3. The first kappa shape index (κ1) is 30.1. The van der Waals surface area contributed by atoms with Gasteiger partial charge in [-0.05, 0) is 68.5 Å². The quantitative estimate of drug-likeness (QED) is 0.425. The number of hydrogen-bond donors (Lipinski definition) is 0. The summed E-state index contributed by atoms with van der Waals surface area (Å²) in [5, 5.41) is 0. The molecule has 0 radical (unpaired) electrons. The van der Waals surface area contributed by atoms with Crippen molar-refractivity contribution in [3.05, 3.63) is 29.3 Å². The van der Waals surface area contributed by atoms with E-state index < -0.39 is 36.3 Å². The van der Waals surface area contributed by atoms with Crippen LogP contribution in [-0.4, -0.2) is 97.6 Å². The summed E-state index contributed by atoms with van der Waals surface area (Å²) in [5.41, 5.74) is 0.0207. The lowest BCUT2D eigenvalue weighted by molar-refractivity contribution is -0.308. The Hall–Kier alpha value is -2.42. The minimum Gasteiger partial charge on any atom is -0.426 e. The number of likely N-dealkylation sites (N-methyl/N-ethyl adjacent to an activating group) is 1. The molecule has 41 heavy (non-hydrogen) atoms. The maximum Gasteiger partial charge on any atom is 0.434 e. The summed E-state index contributed by atoms with van der Waals surface area (Å²) in [6.45, 7) is 2.64. The summed E-state index contributed by atoms with van der Waals surface area (Å²) in [6.07, 6.45) is -19.7. The molecule has 0 aromatic heterocycles. The van der Waals surface area contributed by atoms with E-state index >= 15 is 0 Å². The maximum atomic E-state index is 13.8. The van der Waals surface area contributed by atoms with E-state index in [4.69, 9.17) is 0 Å². The number of anilines is 1. The monoisotopic (exact) mass is 602 g/mol. The number of piperazine rings is 1. The lowest BCUT2D eigenvalue weighted by atomic mass is 9.78. The number of hydrogen-bond acceptors (Lipinski definition) is 5. The second-order valence-electron chi connectivity index (χ2n) is 11.8. The van der Waals surface area contributed by atoms with E-state index in [0.29, 0.717) is 56.2 Å². The first-order chi connectivity index (χ1) is 18.9. The third kappa shape index (κ3) is 6.35. The number of ether oxygens (including phenoxy) is 1. The first-order valence-electron chi connectivity index (χ1n) is 13.4. The Balaban J connectivity index is 1.21. The molecule has 230 valence electrons. The zero-order valence-electron chi connectivity index (χ0n) is 22.2. The van der Waals surface area contributed by atoms with E-state index in [2.05, 4.69) is 9.64 Å². The fraction of sp³-hybridized carbons (Fsp3) is 0.731. The van der Waals surface area contributed by atoms with Crippen LogP contribution in [-0.2, 0) is 17.5 Å². The van der Waals surface area contributed by atoms with E-state index in [9.17, 15) is 44.3 Å². The van der Waals surface area contributed by atoms with Gasteiger partial charge in [-0.15, -0.1) is 0 Å². The smallest absolute Gasteiger partial charge is 0.426 e. The Morgan fingerprint density at radius 1 is 0.927 bits per heavy atom.